The molecule has 0 atom stereocenters. The van der Waals surface area contributed by atoms with Crippen LogP contribution >= 0.6 is 11.3 Å². The average Bonchev–Trinajstić information content (AvgIpc) is 2.62. The van der Waals surface area contributed by atoms with E-state index >= 15 is 0 Å². The predicted molar refractivity (Wildman–Crippen MR) is 51.8 cm³/mol. The van der Waals surface area contributed by atoms with Gasteiger partial charge in [-0.25, -0.2) is 10.3 Å². The molecule has 0 bridgehead atoms. The van der Waals surface area contributed by atoms with Crippen molar-refractivity contribution in [3.05, 3.63) is 24.3 Å². The van der Waals surface area contributed by atoms with Gasteiger partial charge in [0, 0.05) is 10.1 Å². The average molecular weight is 173 g/mol. The normalized spacial score (nSPS) is 13.3. The lowest BCUT2D eigenvalue weighted by molar-refractivity contribution is 1.38. The first-order valence-corrected chi connectivity index (χ1v) is 4.52. The fraction of sp³-hybridized carbons (Fsp3) is 0. The molecule has 0 saturated heterocycles. The Morgan fingerprint density at radius 2 is 2.08 bits per heavy atom. The van der Waals surface area contributed by atoms with E-state index in [1.165, 1.54) is 10.1 Å². The summed E-state index contributed by atoms with van der Waals surface area (Å²) in [6, 6.07) is 8.26. The van der Waals surface area contributed by atoms with Crippen molar-refractivity contribution in [2.45, 2.75) is 0 Å². The van der Waals surface area contributed by atoms with E-state index in [2.05, 4.69) is 22.4 Å². The Balaban J connectivity index is 2.49. The lowest BCUT2D eigenvalue weighted by atomic mass is 10.2. The summed E-state index contributed by atoms with van der Waals surface area (Å²) in [7, 11) is 0. The zero-order valence-corrected chi connectivity index (χ0v) is 7.01. The zero-order chi connectivity index (χ0) is 7.97. The van der Waals surface area contributed by atoms with Crippen LogP contribution in [0.4, 0.5) is 10.7 Å². The second kappa shape index (κ2) is 2.08. The summed E-state index contributed by atoms with van der Waals surface area (Å²) in [5, 5.41) is 6.46. The van der Waals surface area contributed by atoms with E-state index in [4.69, 9.17) is 0 Å². The van der Waals surface area contributed by atoms with E-state index in [1.54, 1.807) is 17.7 Å². The molecule has 57 valence electrons. The van der Waals surface area contributed by atoms with Crippen LogP contribution in [0.25, 0.3) is 10.1 Å². The van der Waals surface area contributed by atoms with Crippen LogP contribution in [0, 0.1) is 0 Å². The van der Waals surface area contributed by atoms with Crippen LogP contribution in [-0.2, 0) is 0 Å². The molecule has 0 fully saturated rings. The highest BCUT2D eigenvalue weighted by atomic mass is 32.1. The third kappa shape index (κ3) is 0.662. The van der Waals surface area contributed by atoms with Gasteiger partial charge in [0.2, 0.25) is 0 Å². The molecule has 2 heterocycles. The summed E-state index contributed by atoms with van der Waals surface area (Å²) in [6.07, 6.45) is 1.62. The Morgan fingerprint density at radius 1 is 1.17 bits per heavy atom. The van der Waals surface area contributed by atoms with Crippen molar-refractivity contribution in [1.29, 1.82) is 0 Å². The highest BCUT2D eigenvalue weighted by molar-refractivity contribution is 7.23. The van der Waals surface area contributed by atoms with Gasteiger partial charge in [0.1, 0.15) is 17.0 Å². The van der Waals surface area contributed by atoms with Gasteiger partial charge in [0.15, 0.2) is 0 Å². The molecule has 0 saturated carbocycles. The molecule has 1 aromatic carbocycles. The topological polar surface area (TPSA) is 26.5 Å². The molecule has 2 aromatic rings. The SMILES string of the molecule is C1=Nc2sc3ccccc3c2[N]1. The molecule has 1 aliphatic heterocycles. The van der Waals surface area contributed by atoms with Gasteiger partial charge in [-0.2, -0.15) is 0 Å². The summed E-state index contributed by atoms with van der Waals surface area (Å²) < 4.78 is 1.27. The molecule has 0 unspecified atom stereocenters. The number of hydrogen-bond donors (Lipinski definition) is 0. The predicted octanol–water partition coefficient (Wildman–Crippen LogP) is 2.81. The quantitative estimate of drug-likeness (QED) is 0.585. The molecular weight excluding hydrogens is 168 g/mol. The molecule has 1 aliphatic rings. The molecule has 3 rings (SSSR count). The standard InChI is InChI=1S/C9H5N2S/c1-2-4-7-6(3-1)8-9(12-7)11-5-10-8/h1-5H. The lowest BCUT2D eigenvalue weighted by Crippen LogP contribution is -1.84. The molecule has 0 spiro atoms. The first-order valence-electron chi connectivity index (χ1n) is 3.70. The van der Waals surface area contributed by atoms with Crippen molar-refractivity contribution < 1.29 is 0 Å². The molecule has 1 radical (unpaired) electrons. The maximum absolute atomic E-state index is 4.21. The first-order chi connectivity index (χ1) is 5.95. The lowest BCUT2D eigenvalue weighted by Gasteiger charge is -1.89. The number of nitrogens with zero attached hydrogens (tertiary/aromatic N) is 2. The van der Waals surface area contributed by atoms with Gasteiger partial charge >= 0.3 is 0 Å². The molecule has 0 amide bonds. The smallest absolute Gasteiger partial charge is 0.144 e. The van der Waals surface area contributed by atoms with E-state index < -0.39 is 0 Å². The van der Waals surface area contributed by atoms with E-state index in [0.717, 1.165) is 10.7 Å². The minimum Gasteiger partial charge on any atom is -0.233 e. The van der Waals surface area contributed by atoms with Gasteiger partial charge in [0.25, 0.3) is 0 Å². The summed E-state index contributed by atoms with van der Waals surface area (Å²) in [6.45, 7) is 0. The van der Waals surface area contributed by atoms with E-state index in [0.29, 0.717) is 0 Å². The van der Waals surface area contributed by atoms with Crippen molar-refractivity contribution in [1.82, 2.24) is 5.32 Å². The Bertz CT molecular complexity index is 470. The number of aliphatic imine (C=N–C) groups is 1. The Morgan fingerprint density at radius 3 is 3.08 bits per heavy atom. The molecule has 0 aliphatic carbocycles. The van der Waals surface area contributed by atoms with Crippen molar-refractivity contribution in [3.8, 4) is 0 Å². The zero-order valence-electron chi connectivity index (χ0n) is 6.19. The van der Waals surface area contributed by atoms with Gasteiger partial charge in [-0.3, -0.25) is 0 Å². The minimum absolute atomic E-state index is 1.04. The van der Waals surface area contributed by atoms with Gasteiger partial charge < -0.3 is 0 Å². The summed E-state index contributed by atoms with van der Waals surface area (Å²) in [5.41, 5.74) is 1.04. The summed E-state index contributed by atoms with van der Waals surface area (Å²) in [4.78, 5) is 4.16. The second-order valence-corrected chi connectivity index (χ2v) is 3.66. The molecule has 0 N–H and O–H groups in total. The van der Waals surface area contributed by atoms with Gasteiger partial charge in [-0.1, -0.05) is 18.2 Å². The number of fused-ring (bicyclic) bond motifs is 3. The third-order valence-electron chi connectivity index (χ3n) is 1.91. The van der Waals surface area contributed by atoms with E-state index in [9.17, 15) is 0 Å². The van der Waals surface area contributed by atoms with Crippen molar-refractivity contribution in [2.75, 3.05) is 0 Å². The van der Waals surface area contributed by atoms with Crippen molar-refractivity contribution in [2.24, 2.45) is 4.99 Å². The van der Waals surface area contributed by atoms with Crippen LogP contribution in [0.3, 0.4) is 0 Å². The van der Waals surface area contributed by atoms with Crippen LogP contribution in [0.5, 0.6) is 0 Å². The molecule has 12 heavy (non-hydrogen) atoms. The fourth-order valence-corrected chi connectivity index (χ4v) is 2.36. The Kier molecular flexibility index (Phi) is 1.07. The van der Waals surface area contributed by atoms with Crippen LogP contribution in [-0.4, -0.2) is 6.34 Å². The van der Waals surface area contributed by atoms with Crippen molar-refractivity contribution >= 4 is 38.4 Å². The highest BCUT2D eigenvalue weighted by Gasteiger charge is 2.14. The molecule has 1 aromatic heterocycles. The molecule has 2 nitrogen and oxygen atoms in total. The second-order valence-electron chi connectivity index (χ2n) is 2.63. The van der Waals surface area contributed by atoms with Gasteiger partial charge in [-0.05, 0) is 6.07 Å². The fourth-order valence-electron chi connectivity index (χ4n) is 1.37. The summed E-state index contributed by atoms with van der Waals surface area (Å²) >= 11 is 1.69. The highest BCUT2D eigenvalue weighted by Crippen LogP contribution is 2.43. The maximum atomic E-state index is 4.21. The van der Waals surface area contributed by atoms with Gasteiger partial charge in [0.05, 0.1) is 0 Å². The van der Waals surface area contributed by atoms with E-state index in [-0.39, 0.29) is 0 Å². The Labute approximate surface area is 73.6 Å². The van der Waals surface area contributed by atoms with Crippen LogP contribution < -0.4 is 5.32 Å². The number of hydrogen-bond acceptors (Lipinski definition) is 2. The summed E-state index contributed by atoms with van der Waals surface area (Å²) in [5.74, 6) is 0. The van der Waals surface area contributed by atoms with Crippen LogP contribution in [0.1, 0.15) is 0 Å². The number of benzene rings is 1. The molecule has 3 heteroatoms. The van der Waals surface area contributed by atoms with Gasteiger partial charge in [-0.15, -0.1) is 11.3 Å². The van der Waals surface area contributed by atoms with Crippen molar-refractivity contribution in [3.63, 3.8) is 0 Å². The molecular formula is C9H5N2S. The third-order valence-corrected chi connectivity index (χ3v) is 2.98. The largest absolute Gasteiger partial charge is 0.233 e. The first kappa shape index (κ1) is 6.20. The number of rotatable bonds is 0. The minimum atomic E-state index is 1.04. The monoisotopic (exact) mass is 173 g/mol. The van der Waals surface area contributed by atoms with Crippen LogP contribution in [0.15, 0.2) is 29.3 Å². The van der Waals surface area contributed by atoms with Crippen LogP contribution in [0.2, 0.25) is 0 Å². The van der Waals surface area contributed by atoms with E-state index in [1.807, 2.05) is 12.1 Å². The number of thiophene rings is 1. The Hall–Kier alpha value is -1.35. The maximum Gasteiger partial charge on any atom is 0.144 e.